The van der Waals surface area contributed by atoms with Gasteiger partial charge in [0, 0.05) is 53.2 Å². The van der Waals surface area contributed by atoms with Crippen LogP contribution in [0.3, 0.4) is 0 Å². The van der Waals surface area contributed by atoms with Gasteiger partial charge in [0.2, 0.25) is 5.88 Å². The lowest BCUT2D eigenvalue weighted by Crippen LogP contribution is -2.53. The van der Waals surface area contributed by atoms with E-state index in [4.69, 9.17) is 4.74 Å². The molecule has 0 radical (unpaired) electrons. The number of amides is 2. The second-order valence-electron chi connectivity index (χ2n) is 11.8. The van der Waals surface area contributed by atoms with Gasteiger partial charge in [-0.15, -0.1) is 0 Å². The highest BCUT2D eigenvalue weighted by Gasteiger charge is 2.37. The van der Waals surface area contributed by atoms with Gasteiger partial charge < -0.3 is 25.0 Å². The van der Waals surface area contributed by atoms with Gasteiger partial charge in [-0.05, 0) is 102 Å². The number of nitrogens with zero attached hydrogens (tertiary/aromatic N) is 3. The van der Waals surface area contributed by atoms with Crippen LogP contribution in [0, 0.1) is 6.92 Å². The molecule has 40 heavy (non-hydrogen) atoms. The number of ether oxygens (including phenoxy) is 1. The molecular formula is C32H44N4O4. The lowest BCUT2D eigenvalue weighted by molar-refractivity contribution is 0.0545. The van der Waals surface area contributed by atoms with Gasteiger partial charge in [-0.2, -0.15) is 0 Å². The lowest BCUT2D eigenvalue weighted by atomic mass is 9.86. The van der Waals surface area contributed by atoms with E-state index in [1.807, 2.05) is 39.8 Å². The van der Waals surface area contributed by atoms with Crippen LogP contribution in [0.2, 0.25) is 0 Å². The molecule has 4 rings (SSSR count). The lowest BCUT2D eigenvalue weighted by Gasteiger charge is -2.45. The molecule has 1 saturated carbocycles. The second-order valence-corrected chi connectivity index (χ2v) is 11.8. The molecule has 1 aromatic carbocycles. The van der Waals surface area contributed by atoms with E-state index in [9.17, 15) is 14.7 Å². The molecular weight excluding hydrogens is 504 g/mol. The summed E-state index contributed by atoms with van der Waals surface area (Å²) in [5, 5.41) is 13.0. The number of benzene rings is 1. The van der Waals surface area contributed by atoms with Crippen LogP contribution in [-0.4, -0.2) is 58.3 Å². The van der Waals surface area contributed by atoms with Crippen LogP contribution in [0.25, 0.3) is 0 Å². The SMILES string of the molecule is CCN(c1cccc2c1C/C=C\Cc1cc(C)nc(OC)c1CNC2=O)C1CCC(N(C(=O)O)C(C)(C)C)CC1. The summed E-state index contributed by atoms with van der Waals surface area (Å²) >= 11 is 0. The van der Waals surface area contributed by atoms with E-state index in [0.29, 0.717) is 24.4 Å². The fourth-order valence-electron chi connectivity index (χ4n) is 6.47. The van der Waals surface area contributed by atoms with E-state index in [2.05, 4.69) is 46.4 Å². The zero-order chi connectivity index (χ0) is 29.0. The number of carbonyl (C=O) groups excluding carboxylic acids is 1. The molecule has 8 heteroatoms. The molecule has 2 aliphatic rings. The average Bonchev–Trinajstić information content (AvgIpc) is 2.93. The van der Waals surface area contributed by atoms with Crippen molar-refractivity contribution in [3.05, 3.63) is 64.4 Å². The second kappa shape index (κ2) is 12.3. The minimum atomic E-state index is -0.848. The first-order valence-corrected chi connectivity index (χ1v) is 14.4. The molecule has 2 N–H and O–H groups in total. The van der Waals surface area contributed by atoms with E-state index in [1.165, 1.54) is 0 Å². The van der Waals surface area contributed by atoms with Gasteiger partial charge in [0.25, 0.3) is 5.91 Å². The van der Waals surface area contributed by atoms with E-state index in [-0.39, 0.29) is 18.0 Å². The molecule has 0 atom stereocenters. The molecule has 1 fully saturated rings. The number of carbonyl (C=O) groups is 2. The standard InChI is InChI=1S/C32H44N4O4/c1-7-35(23-15-17-24(18-16-23)36(31(38)39)32(3,4)5)28-14-10-13-26-25(28)12-9-8-11-22-19-21(2)34-30(40-6)27(22)20-33-29(26)37/h8-10,13-14,19,23-24H,7,11-12,15-18,20H2,1-6H3,(H,33,37)(H,38,39)/b9-8-. The quantitative estimate of drug-likeness (QED) is 0.452. The van der Waals surface area contributed by atoms with Crippen LogP contribution < -0.4 is 15.0 Å². The fraction of sp³-hybridized carbons (Fsp3) is 0.531. The van der Waals surface area contributed by atoms with Crippen LogP contribution in [-0.2, 0) is 19.4 Å². The van der Waals surface area contributed by atoms with Crippen molar-refractivity contribution < 1.29 is 19.4 Å². The molecule has 1 aliphatic carbocycles. The molecule has 0 unspecified atom stereocenters. The summed E-state index contributed by atoms with van der Waals surface area (Å²) in [4.78, 5) is 34.2. The molecule has 216 valence electrons. The van der Waals surface area contributed by atoms with Crippen molar-refractivity contribution in [3.63, 3.8) is 0 Å². The summed E-state index contributed by atoms with van der Waals surface area (Å²) in [6.45, 7) is 11.2. The number of hydrogen-bond donors (Lipinski definition) is 2. The van der Waals surface area contributed by atoms with Gasteiger partial charge in [-0.25, -0.2) is 9.78 Å². The van der Waals surface area contributed by atoms with Crippen molar-refractivity contribution in [2.24, 2.45) is 0 Å². The number of nitrogens with one attached hydrogen (secondary N) is 1. The number of anilines is 1. The molecule has 2 amide bonds. The van der Waals surface area contributed by atoms with Crippen molar-refractivity contribution >= 4 is 17.7 Å². The molecule has 0 bridgehead atoms. The summed E-state index contributed by atoms with van der Waals surface area (Å²) in [7, 11) is 1.61. The van der Waals surface area contributed by atoms with E-state index in [0.717, 1.165) is 66.7 Å². The number of fused-ring (bicyclic) bond motifs is 2. The maximum Gasteiger partial charge on any atom is 0.407 e. The summed E-state index contributed by atoms with van der Waals surface area (Å²) in [6.07, 6.45) is 8.34. The summed E-state index contributed by atoms with van der Waals surface area (Å²) in [5.41, 5.74) is 5.25. The van der Waals surface area contributed by atoms with Crippen molar-refractivity contribution in [1.82, 2.24) is 15.2 Å². The maximum absolute atomic E-state index is 13.6. The number of aryl methyl sites for hydroxylation is 1. The van der Waals surface area contributed by atoms with Gasteiger partial charge >= 0.3 is 6.09 Å². The largest absolute Gasteiger partial charge is 0.481 e. The van der Waals surface area contributed by atoms with Gasteiger partial charge in [-0.3, -0.25) is 4.79 Å². The number of pyridine rings is 1. The summed E-state index contributed by atoms with van der Waals surface area (Å²) in [5.74, 6) is 0.445. The number of methoxy groups -OCH3 is 1. The zero-order valence-electron chi connectivity index (χ0n) is 24.8. The normalized spacial score (nSPS) is 20.3. The first kappa shape index (κ1) is 29.4. The van der Waals surface area contributed by atoms with Gasteiger partial charge in [0.05, 0.1) is 7.11 Å². The van der Waals surface area contributed by atoms with E-state index >= 15 is 0 Å². The highest BCUT2D eigenvalue weighted by atomic mass is 16.5. The van der Waals surface area contributed by atoms with Crippen LogP contribution in [0.5, 0.6) is 5.88 Å². The fourth-order valence-corrected chi connectivity index (χ4v) is 6.47. The minimum Gasteiger partial charge on any atom is -0.481 e. The highest BCUT2D eigenvalue weighted by molar-refractivity contribution is 5.97. The van der Waals surface area contributed by atoms with Crippen LogP contribution >= 0.6 is 0 Å². The Balaban J connectivity index is 1.61. The molecule has 2 aromatic rings. The molecule has 0 saturated heterocycles. The minimum absolute atomic E-state index is 0.0188. The van der Waals surface area contributed by atoms with E-state index < -0.39 is 11.6 Å². The van der Waals surface area contributed by atoms with Gasteiger partial charge in [0.15, 0.2) is 0 Å². The smallest absolute Gasteiger partial charge is 0.407 e. The highest BCUT2D eigenvalue weighted by Crippen LogP contribution is 2.35. The molecule has 1 aliphatic heterocycles. The third-order valence-electron chi connectivity index (χ3n) is 8.20. The number of hydrogen-bond acceptors (Lipinski definition) is 5. The van der Waals surface area contributed by atoms with Gasteiger partial charge in [0.1, 0.15) is 0 Å². The number of rotatable bonds is 5. The number of carboxylic acid groups (broad SMARTS) is 1. The number of allylic oxidation sites excluding steroid dienone is 2. The first-order chi connectivity index (χ1) is 19.0. The van der Waals surface area contributed by atoms with Crippen LogP contribution in [0.1, 0.15) is 86.1 Å². The summed E-state index contributed by atoms with van der Waals surface area (Å²) < 4.78 is 5.56. The van der Waals surface area contributed by atoms with Crippen molar-refractivity contribution in [3.8, 4) is 5.88 Å². The van der Waals surface area contributed by atoms with Crippen LogP contribution in [0.15, 0.2) is 36.4 Å². The third kappa shape index (κ3) is 6.26. The Hall–Kier alpha value is -3.55. The Morgan fingerprint density at radius 2 is 1.77 bits per heavy atom. The topological polar surface area (TPSA) is 95.0 Å². The predicted octanol–water partition coefficient (Wildman–Crippen LogP) is 5.90. The van der Waals surface area contributed by atoms with Crippen LogP contribution in [0.4, 0.5) is 10.5 Å². The first-order valence-electron chi connectivity index (χ1n) is 14.4. The monoisotopic (exact) mass is 548 g/mol. The maximum atomic E-state index is 13.6. The van der Waals surface area contributed by atoms with Crippen molar-refractivity contribution in [1.29, 1.82) is 0 Å². The molecule has 1 aromatic heterocycles. The molecule has 0 spiro atoms. The Bertz CT molecular complexity index is 1260. The van der Waals surface area contributed by atoms with Gasteiger partial charge in [-0.1, -0.05) is 18.2 Å². The predicted molar refractivity (Wildman–Crippen MR) is 158 cm³/mol. The summed E-state index contributed by atoms with van der Waals surface area (Å²) in [6, 6.07) is 8.37. The Morgan fingerprint density at radius 1 is 1.10 bits per heavy atom. The average molecular weight is 549 g/mol. The Kier molecular flexibility index (Phi) is 9.06. The van der Waals surface area contributed by atoms with Crippen molar-refractivity contribution in [2.45, 2.75) is 97.3 Å². The Morgan fingerprint density at radius 3 is 2.40 bits per heavy atom. The zero-order valence-corrected chi connectivity index (χ0v) is 24.8. The third-order valence-corrected chi connectivity index (χ3v) is 8.20. The molecule has 2 heterocycles. The van der Waals surface area contributed by atoms with E-state index in [1.54, 1.807) is 12.0 Å². The van der Waals surface area contributed by atoms with Crippen molar-refractivity contribution in [2.75, 3.05) is 18.6 Å². The molecule has 8 nitrogen and oxygen atoms in total. The number of aromatic nitrogens is 1. The Labute approximate surface area is 238 Å².